The van der Waals surface area contributed by atoms with Crippen LogP contribution < -0.4 is 0 Å². The standard InChI is InChI=1S/C10H21Br/c1-7(2)6-10(8(3)4)9(5)11/h7-10H,6H2,1-5H3. The van der Waals surface area contributed by atoms with Crippen LogP contribution in [-0.4, -0.2) is 4.83 Å². The summed E-state index contributed by atoms with van der Waals surface area (Å²) in [5.41, 5.74) is 0. The summed E-state index contributed by atoms with van der Waals surface area (Å²) in [4.78, 5) is 0.657. The highest BCUT2D eigenvalue weighted by molar-refractivity contribution is 9.09. The Morgan fingerprint density at radius 2 is 1.45 bits per heavy atom. The Labute approximate surface area is 79.9 Å². The van der Waals surface area contributed by atoms with Crippen LogP contribution in [0.15, 0.2) is 0 Å². The molecule has 0 heterocycles. The second-order valence-electron chi connectivity index (χ2n) is 4.21. The summed E-state index contributed by atoms with van der Waals surface area (Å²) in [6.07, 6.45) is 1.34. The molecule has 0 N–H and O–H groups in total. The van der Waals surface area contributed by atoms with Gasteiger partial charge in [-0.25, -0.2) is 0 Å². The monoisotopic (exact) mass is 220 g/mol. The molecule has 0 radical (unpaired) electrons. The van der Waals surface area contributed by atoms with Gasteiger partial charge in [0.15, 0.2) is 0 Å². The van der Waals surface area contributed by atoms with E-state index in [2.05, 4.69) is 50.5 Å². The van der Waals surface area contributed by atoms with Crippen molar-refractivity contribution in [3.05, 3.63) is 0 Å². The van der Waals surface area contributed by atoms with Gasteiger partial charge in [-0.1, -0.05) is 50.5 Å². The smallest absolute Gasteiger partial charge is 0.0148 e. The number of hydrogen-bond acceptors (Lipinski definition) is 0. The van der Waals surface area contributed by atoms with Crippen LogP contribution in [0.5, 0.6) is 0 Å². The summed E-state index contributed by atoms with van der Waals surface area (Å²) in [6.45, 7) is 11.5. The van der Waals surface area contributed by atoms with Gasteiger partial charge in [0.05, 0.1) is 0 Å². The van der Waals surface area contributed by atoms with E-state index in [9.17, 15) is 0 Å². The first kappa shape index (κ1) is 11.5. The summed E-state index contributed by atoms with van der Waals surface area (Å²) in [5, 5.41) is 0. The van der Waals surface area contributed by atoms with E-state index in [-0.39, 0.29) is 0 Å². The Kier molecular flexibility index (Phi) is 5.41. The van der Waals surface area contributed by atoms with Gasteiger partial charge in [-0.05, 0) is 24.2 Å². The summed E-state index contributed by atoms with van der Waals surface area (Å²) in [7, 11) is 0. The topological polar surface area (TPSA) is 0 Å². The van der Waals surface area contributed by atoms with Crippen LogP contribution in [0, 0.1) is 17.8 Å². The van der Waals surface area contributed by atoms with Crippen LogP contribution in [0.4, 0.5) is 0 Å². The lowest BCUT2D eigenvalue weighted by atomic mass is 9.86. The molecule has 0 nitrogen and oxygen atoms in total. The average molecular weight is 221 g/mol. The molecule has 0 amide bonds. The van der Waals surface area contributed by atoms with E-state index in [1.807, 2.05) is 0 Å². The molecule has 0 aliphatic heterocycles. The van der Waals surface area contributed by atoms with Gasteiger partial charge < -0.3 is 0 Å². The van der Waals surface area contributed by atoms with Gasteiger partial charge in [0.1, 0.15) is 0 Å². The molecule has 0 fully saturated rings. The maximum Gasteiger partial charge on any atom is 0.0148 e. The van der Waals surface area contributed by atoms with E-state index in [0.29, 0.717) is 4.83 Å². The molecule has 0 saturated heterocycles. The molecule has 0 aromatic carbocycles. The summed E-state index contributed by atoms with van der Waals surface area (Å²) >= 11 is 3.67. The summed E-state index contributed by atoms with van der Waals surface area (Å²) in [5.74, 6) is 2.45. The predicted molar refractivity (Wildman–Crippen MR) is 56.2 cm³/mol. The third-order valence-corrected chi connectivity index (χ3v) is 2.87. The Hall–Kier alpha value is 0.480. The molecule has 0 saturated carbocycles. The molecule has 2 atom stereocenters. The van der Waals surface area contributed by atoms with Crippen LogP contribution in [0.3, 0.4) is 0 Å². The first-order valence-corrected chi connectivity index (χ1v) is 5.50. The van der Waals surface area contributed by atoms with Crippen molar-refractivity contribution in [1.29, 1.82) is 0 Å². The lowest BCUT2D eigenvalue weighted by molar-refractivity contribution is 0.319. The van der Waals surface area contributed by atoms with E-state index >= 15 is 0 Å². The largest absolute Gasteiger partial charge is 0.0891 e. The molecule has 0 aromatic rings. The lowest BCUT2D eigenvalue weighted by Crippen LogP contribution is -2.19. The molecule has 0 aliphatic rings. The van der Waals surface area contributed by atoms with Gasteiger partial charge in [-0.15, -0.1) is 0 Å². The Morgan fingerprint density at radius 1 is 1.00 bits per heavy atom. The van der Waals surface area contributed by atoms with Gasteiger partial charge in [0.2, 0.25) is 0 Å². The number of alkyl halides is 1. The normalized spacial score (nSPS) is 17.5. The zero-order valence-corrected chi connectivity index (χ0v) is 9.98. The van der Waals surface area contributed by atoms with Crippen molar-refractivity contribution in [2.75, 3.05) is 0 Å². The Bertz CT molecular complexity index is 87.0. The predicted octanol–water partition coefficient (Wildman–Crippen LogP) is 4.09. The van der Waals surface area contributed by atoms with Gasteiger partial charge >= 0.3 is 0 Å². The molecule has 0 spiro atoms. The highest BCUT2D eigenvalue weighted by atomic mass is 79.9. The quantitative estimate of drug-likeness (QED) is 0.627. The molecule has 0 bridgehead atoms. The molecule has 68 valence electrons. The minimum Gasteiger partial charge on any atom is -0.0891 e. The van der Waals surface area contributed by atoms with Gasteiger partial charge in [-0.3, -0.25) is 0 Å². The third-order valence-electron chi connectivity index (χ3n) is 2.19. The van der Waals surface area contributed by atoms with Crippen molar-refractivity contribution in [2.45, 2.75) is 45.9 Å². The zero-order valence-electron chi connectivity index (χ0n) is 8.39. The van der Waals surface area contributed by atoms with Crippen molar-refractivity contribution >= 4 is 15.9 Å². The minimum absolute atomic E-state index is 0.657. The highest BCUT2D eigenvalue weighted by Gasteiger charge is 2.19. The molecule has 0 rings (SSSR count). The second-order valence-corrected chi connectivity index (χ2v) is 5.66. The summed E-state index contributed by atoms with van der Waals surface area (Å²) in [6, 6.07) is 0. The fraction of sp³-hybridized carbons (Fsp3) is 1.00. The van der Waals surface area contributed by atoms with Crippen molar-refractivity contribution in [2.24, 2.45) is 17.8 Å². The fourth-order valence-corrected chi connectivity index (χ4v) is 2.36. The molecule has 2 unspecified atom stereocenters. The van der Waals surface area contributed by atoms with E-state index in [0.717, 1.165) is 17.8 Å². The Balaban J connectivity index is 3.90. The van der Waals surface area contributed by atoms with E-state index < -0.39 is 0 Å². The molecule has 0 aromatic heterocycles. The van der Waals surface area contributed by atoms with Crippen LogP contribution in [-0.2, 0) is 0 Å². The van der Waals surface area contributed by atoms with Crippen molar-refractivity contribution in [1.82, 2.24) is 0 Å². The van der Waals surface area contributed by atoms with Crippen LogP contribution in [0.1, 0.15) is 41.0 Å². The molecule has 0 aliphatic carbocycles. The molecular weight excluding hydrogens is 200 g/mol. The SMILES string of the molecule is CC(C)CC(C(C)C)C(C)Br. The second kappa shape index (κ2) is 5.18. The Morgan fingerprint density at radius 3 is 1.55 bits per heavy atom. The van der Waals surface area contributed by atoms with E-state index in [1.54, 1.807) is 0 Å². The van der Waals surface area contributed by atoms with E-state index in [1.165, 1.54) is 6.42 Å². The van der Waals surface area contributed by atoms with Crippen LogP contribution in [0.25, 0.3) is 0 Å². The third kappa shape index (κ3) is 4.84. The first-order chi connectivity index (χ1) is 4.95. The van der Waals surface area contributed by atoms with Crippen LogP contribution in [0.2, 0.25) is 0 Å². The first-order valence-electron chi connectivity index (χ1n) is 4.59. The number of hydrogen-bond donors (Lipinski definition) is 0. The van der Waals surface area contributed by atoms with E-state index in [4.69, 9.17) is 0 Å². The van der Waals surface area contributed by atoms with Crippen molar-refractivity contribution < 1.29 is 0 Å². The molecule has 11 heavy (non-hydrogen) atoms. The van der Waals surface area contributed by atoms with Crippen molar-refractivity contribution in [3.63, 3.8) is 0 Å². The highest BCUT2D eigenvalue weighted by Crippen LogP contribution is 2.27. The average Bonchev–Trinajstić information content (AvgIpc) is 1.81. The van der Waals surface area contributed by atoms with Crippen LogP contribution >= 0.6 is 15.9 Å². The lowest BCUT2D eigenvalue weighted by Gasteiger charge is -2.25. The van der Waals surface area contributed by atoms with Gasteiger partial charge in [-0.2, -0.15) is 0 Å². The fourth-order valence-electron chi connectivity index (χ4n) is 1.53. The maximum absolute atomic E-state index is 3.67. The maximum atomic E-state index is 3.67. The summed E-state index contributed by atoms with van der Waals surface area (Å²) < 4.78 is 0. The minimum atomic E-state index is 0.657. The van der Waals surface area contributed by atoms with Gasteiger partial charge in [0, 0.05) is 4.83 Å². The molecule has 1 heteroatoms. The number of halogens is 1. The van der Waals surface area contributed by atoms with Gasteiger partial charge in [0.25, 0.3) is 0 Å². The number of rotatable bonds is 4. The zero-order chi connectivity index (χ0) is 9.02. The molecular formula is C10H21Br. The van der Waals surface area contributed by atoms with Crippen molar-refractivity contribution in [3.8, 4) is 0 Å².